The second-order valence-corrected chi connectivity index (χ2v) is 4.26. The van der Waals surface area contributed by atoms with Crippen LogP contribution in [0.4, 0.5) is 5.69 Å². The molecule has 1 aromatic rings. The fourth-order valence-electron chi connectivity index (χ4n) is 1.75. The second-order valence-electron chi connectivity index (χ2n) is 4.26. The molecule has 4 heteroatoms. The van der Waals surface area contributed by atoms with E-state index in [4.69, 9.17) is 15.7 Å². The molecule has 1 aliphatic rings. The highest BCUT2D eigenvalue weighted by atomic mass is 16.5. The minimum absolute atomic E-state index is 0.418. The van der Waals surface area contributed by atoms with Gasteiger partial charge in [0.2, 0.25) is 0 Å². The fraction of sp³-hybridized carbons (Fsp3) is 0.125. The normalized spacial score (nSPS) is 18.1. The van der Waals surface area contributed by atoms with Crippen LogP contribution >= 0.6 is 0 Å². The molecular weight excluding hydrogens is 250 g/mol. The molecule has 0 bridgehead atoms. The quantitative estimate of drug-likeness (QED) is 0.674. The summed E-state index contributed by atoms with van der Waals surface area (Å²) in [6.45, 7) is 0.990. The number of nitriles is 1. The van der Waals surface area contributed by atoms with E-state index in [0.29, 0.717) is 18.8 Å². The summed E-state index contributed by atoms with van der Waals surface area (Å²) in [5.41, 5.74) is 8.53. The first-order valence-electron chi connectivity index (χ1n) is 6.22. The number of hydrogen-bond donors (Lipinski definition) is 1. The third kappa shape index (κ3) is 3.94. The molecule has 1 heterocycles. The topological polar surface area (TPSA) is 71.4 Å². The highest BCUT2D eigenvalue weighted by Gasteiger charge is 2.06. The van der Waals surface area contributed by atoms with E-state index in [1.165, 1.54) is 6.20 Å². The molecular formula is C16H15N3O. The van der Waals surface area contributed by atoms with E-state index in [1.807, 2.05) is 42.5 Å². The number of allylic oxidation sites excluding steroid dienone is 2. The summed E-state index contributed by atoms with van der Waals surface area (Å²) in [6.07, 6.45) is 6.75. The lowest BCUT2D eigenvalue weighted by atomic mass is 10.1. The Kier molecular flexibility index (Phi) is 4.87. The molecule has 0 aromatic heterocycles. The molecule has 0 atom stereocenters. The standard InChI is InChI=1S/C16H15N3O/c17-8-14(9-18)6-13-7-15(12-20-11-13)10-19-16-4-2-1-3-5-16/h1-8,10H,11-12,17H2. The predicted octanol–water partition coefficient (Wildman–Crippen LogP) is 2.64. The van der Waals surface area contributed by atoms with Crippen molar-refractivity contribution in [2.24, 2.45) is 10.7 Å². The lowest BCUT2D eigenvalue weighted by Crippen LogP contribution is -2.09. The van der Waals surface area contributed by atoms with Gasteiger partial charge in [-0.25, -0.2) is 0 Å². The molecule has 0 fully saturated rings. The maximum absolute atomic E-state index is 8.84. The van der Waals surface area contributed by atoms with Crippen LogP contribution in [0.15, 0.2) is 70.4 Å². The van der Waals surface area contributed by atoms with Crippen LogP contribution in [0.5, 0.6) is 0 Å². The number of rotatable bonds is 3. The molecule has 0 saturated heterocycles. The van der Waals surface area contributed by atoms with Gasteiger partial charge in [-0.15, -0.1) is 0 Å². The van der Waals surface area contributed by atoms with Crippen LogP contribution < -0.4 is 5.73 Å². The zero-order chi connectivity index (χ0) is 14.2. The van der Waals surface area contributed by atoms with Crippen molar-refractivity contribution in [3.8, 4) is 6.07 Å². The van der Waals surface area contributed by atoms with E-state index in [9.17, 15) is 0 Å². The van der Waals surface area contributed by atoms with Gasteiger partial charge < -0.3 is 10.5 Å². The van der Waals surface area contributed by atoms with Gasteiger partial charge in [0, 0.05) is 12.4 Å². The van der Waals surface area contributed by atoms with Gasteiger partial charge in [-0.05, 0) is 35.4 Å². The van der Waals surface area contributed by atoms with Crippen LogP contribution in [-0.2, 0) is 4.74 Å². The first kappa shape index (κ1) is 13.8. The minimum Gasteiger partial charge on any atom is -0.404 e. The molecule has 0 spiro atoms. The Labute approximate surface area is 118 Å². The van der Waals surface area contributed by atoms with Gasteiger partial charge >= 0.3 is 0 Å². The Bertz CT molecular complexity index is 619. The molecule has 20 heavy (non-hydrogen) atoms. The average Bonchev–Trinajstić information content (AvgIpc) is 2.52. The van der Waals surface area contributed by atoms with Gasteiger partial charge in [0.05, 0.1) is 24.5 Å². The zero-order valence-electron chi connectivity index (χ0n) is 11.0. The molecule has 100 valence electrons. The molecule has 0 radical (unpaired) electrons. The second kappa shape index (κ2) is 7.07. The Morgan fingerprint density at radius 3 is 2.80 bits per heavy atom. The molecule has 0 saturated carbocycles. The van der Waals surface area contributed by atoms with Crippen molar-refractivity contribution < 1.29 is 4.74 Å². The van der Waals surface area contributed by atoms with E-state index >= 15 is 0 Å². The summed E-state index contributed by atoms with van der Waals surface area (Å²) in [7, 11) is 0. The van der Waals surface area contributed by atoms with Gasteiger partial charge in [-0.3, -0.25) is 4.99 Å². The van der Waals surface area contributed by atoms with Crippen molar-refractivity contribution in [3.63, 3.8) is 0 Å². The van der Waals surface area contributed by atoms with Crippen LogP contribution in [0.3, 0.4) is 0 Å². The highest BCUT2D eigenvalue weighted by molar-refractivity contribution is 5.82. The van der Waals surface area contributed by atoms with Gasteiger partial charge in [0.1, 0.15) is 6.07 Å². The molecule has 1 aromatic carbocycles. The average molecular weight is 265 g/mol. The number of nitrogens with zero attached hydrogens (tertiary/aromatic N) is 2. The number of para-hydroxylation sites is 1. The van der Waals surface area contributed by atoms with Crippen LogP contribution in [0.2, 0.25) is 0 Å². The molecule has 2 N–H and O–H groups in total. The molecule has 1 aliphatic heterocycles. The number of hydrogen-bond acceptors (Lipinski definition) is 4. The summed E-state index contributed by atoms with van der Waals surface area (Å²) in [6, 6.07) is 11.7. The molecule has 0 amide bonds. The van der Waals surface area contributed by atoms with E-state index in [0.717, 1.165) is 16.8 Å². The van der Waals surface area contributed by atoms with E-state index in [-0.39, 0.29) is 0 Å². The van der Waals surface area contributed by atoms with E-state index in [1.54, 1.807) is 12.3 Å². The Morgan fingerprint density at radius 2 is 2.10 bits per heavy atom. The maximum Gasteiger partial charge on any atom is 0.101 e. The summed E-state index contributed by atoms with van der Waals surface area (Å²) in [5, 5.41) is 8.84. The van der Waals surface area contributed by atoms with Crippen LogP contribution in [-0.4, -0.2) is 19.4 Å². The van der Waals surface area contributed by atoms with Gasteiger partial charge in [0.25, 0.3) is 0 Å². The van der Waals surface area contributed by atoms with Crippen molar-refractivity contribution in [1.29, 1.82) is 5.26 Å². The lowest BCUT2D eigenvalue weighted by Gasteiger charge is -2.13. The first-order chi connectivity index (χ1) is 9.81. The molecule has 2 rings (SSSR count). The van der Waals surface area contributed by atoms with E-state index in [2.05, 4.69) is 4.99 Å². The summed E-state index contributed by atoms with van der Waals surface area (Å²) >= 11 is 0. The smallest absolute Gasteiger partial charge is 0.101 e. The van der Waals surface area contributed by atoms with Crippen molar-refractivity contribution >= 4 is 11.9 Å². The maximum atomic E-state index is 8.84. The lowest BCUT2D eigenvalue weighted by molar-refractivity contribution is 0.179. The minimum atomic E-state index is 0.418. The largest absolute Gasteiger partial charge is 0.404 e. The van der Waals surface area contributed by atoms with Gasteiger partial charge in [-0.2, -0.15) is 5.26 Å². The number of nitrogens with two attached hydrogens (primary N) is 1. The van der Waals surface area contributed by atoms with E-state index < -0.39 is 0 Å². The third-order valence-electron chi connectivity index (χ3n) is 2.69. The van der Waals surface area contributed by atoms with Crippen LogP contribution in [0.1, 0.15) is 0 Å². The fourth-order valence-corrected chi connectivity index (χ4v) is 1.75. The summed E-state index contributed by atoms with van der Waals surface area (Å²) < 4.78 is 5.47. The number of aliphatic imine (C=N–C) groups is 1. The zero-order valence-corrected chi connectivity index (χ0v) is 11.0. The van der Waals surface area contributed by atoms with Crippen molar-refractivity contribution in [1.82, 2.24) is 0 Å². The van der Waals surface area contributed by atoms with Crippen molar-refractivity contribution in [2.75, 3.05) is 13.2 Å². The van der Waals surface area contributed by atoms with Gasteiger partial charge in [-0.1, -0.05) is 18.2 Å². The van der Waals surface area contributed by atoms with Crippen molar-refractivity contribution in [3.05, 3.63) is 65.4 Å². The highest BCUT2D eigenvalue weighted by Crippen LogP contribution is 2.14. The summed E-state index contributed by atoms with van der Waals surface area (Å²) in [4.78, 5) is 4.38. The SMILES string of the molecule is N#CC(=CN)C=C1C=C(C=Nc2ccccc2)COC1. The van der Waals surface area contributed by atoms with Crippen LogP contribution in [0, 0.1) is 11.3 Å². The molecule has 0 aliphatic carbocycles. The first-order valence-corrected chi connectivity index (χ1v) is 6.22. The molecule has 4 nitrogen and oxygen atoms in total. The number of benzene rings is 1. The van der Waals surface area contributed by atoms with Crippen LogP contribution in [0.25, 0.3) is 0 Å². The monoisotopic (exact) mass is 265 g/mol. The predicted molar refractivity (Wildman–Crippen MR) is 79.5 cm³/mol. The Hall–Kier alpha value is -2.64. The van der Waals surface area contributed by atoms with Crippen molar-refractivity contribution in [2.45, 2.75) is 0 Å². The third-order valence-corrected chi connectivity index (χ3v) is 2.69. The summed E-state index contributed by atoms with van der Waals surface area (Å²) in [5.74, 6) is 0. The molecule has 0 unspecified atom stereocenters. The Balaban J connectivity index is 2.15. The Morgan fingerprint density at radius 1 is 1.30 bits per heavy atom. The van der Waals surface area contributed by atoms with Gasteiger partial charge in [0.15, 0.2) is 0 Å². The number of ether oxygens (including phenoxy) is 1.